The smallest absolute Gasteiger partial charge is 0.0251 e. The second-order valence-electron chi connectivity index (χ2n) is 7.43. The molecule has 0 aromatic rings. The highest BCUT2D eigenvalue weighted by Crippen LogP contribution is 2.32. The van der Waals surface area contributed by atoms with E-state index in [4.69, 9.17) is 0 Å². The highest BCUT2D eigenvalue weighted by Gasteiger charge is 2.35. The Hall–Kier alpha value is -0.120. The molecule has 3 atom stereocenters. The van der Waals surface area contributed by atoms with Crippen molar-refractivity contribution in [1.29, 1.82) is 0 Å². The maximum atomic E-state index is 3.78. The largest absolute Gasteiger partial charge is 0.313 e. The SMILES string of the molecule is CCCC1CCC(NCC)C(N2CCC(N(C)C)CC2)C1. The van der Waals surface area contributed by atoms with Gasteiger partial charge >= 0.3 is 0 Å². The van der Waals surface area contributed by atoms with Crippen LogP contribution in [0.1, 0.15) is 58.8 Å². The molecule has 1 N–H and O–H groups in total. The molecule has 3 nitrogen and oxygen atoms in total. The van der Waals surface area contributed by atoms with Crippen molar-refractivity contribution in [3.8, 4) is 0 Å². The zero-order valence-corrected chi connectivity index (χ0v) is 14.8. The Morgan fingerprint density at radius 1 is 1.05 bits per heavy atom. The van der Waals surface area contributed by atoms with E-state index in [1.54, 1.807) is 0 Å². The molecule has 0 bridgehead atoms. The summed E-state index contributed by atoms with van der Waals surface area (Å²) in [5, 5.41) is 3.78. The average molecular weight is 296 g/mol. The summed E-state index contributed by atoms with van der Waals surface area (Å²) in [6, 6.07) is 2.33. The molecule has 0 amide bonds. The Kier molecular flexibility index (Phi) is 6.97. The molecular weight excluding hydrogens is 258 g/mol. The lowest BCUT2D eigenvalue weighted by Crippen LogP contribution is -2.56. The van der Waals surface area contributed by atoms with Crippen molar-refractivity contribution in [1.82, 2.24) is 15.1 Å². The third-order valence-corrected chi connectivity index (χ3v) is 5.79. The van der Waals surface area contributed by atoms with Gasteiger partial charge in [-0.3, -0.25) is 4.90 Å². The van der Waals surface area contributed by atoms with Crippen molar-refractivity contribution in [3.63, 3.8) is 0 Å². The topological polar surface area (TPSA) is 18.5 Å². The molecule has 2 rings (SSSR count). The van der Waals surface area contributed by atoms with Gasteiger partial charge in [0.1, 0.15) is 0 Å². The molecule has 1 saturated heterocycles. The van der Waals surface area contributed by atoms with Crippen LogP contribution >= 0.6 is 0 Å². The minimum Gasteiger partial charge on any atom is -0.313 e. The molecule has 0 radical (unpaired) electrons. The molecular formula is C18H37N3. The molecule has 0 aromatic heterocycles. The predicted molar refractivity (Wildman–Crippen MR) is 91.8 cm³/mol. The maximum Gasteiger partial charge on any atom is 0.0251 e. The first-order valence-electron chi connectivity index (χ1n) is 9.29. The van der Waals surface area contributed by atoms with Gasteiger partial charge in [-0.05, 0) is 71.8 Å². The van der Waals surface area contributed by atoms with Gasteiger partial charge in [0.2, 0.25) is 0 Å². The molecule has 2 aliphatic rings. The van der Waals surface area contributed by atoms with Crippen LogP contribution in [0.3, 0.4) is 0 Å². The van der Waals surface area contributed by atoms with Gasteiger partial charge in [-0.15, -0.1) is 0 Å². The van der Waals surface area contributed by atoms with E-state index < -0.39 is 0 Å². The Balaban J connectivity index is 1.92. The molecule has 1 aliphatic heterocycles. The molecule has 1 heterocycles. The predicted octanol–water partition coefficient (Wildman–Crippen LogP) is 2.96. The zero-order chi connectivity index (χ0) is 15.2. The van der Waals surface area contributed by atoms with Crippen LogP contribution in [0, 0.1) is 5.92 Å². The van der Waals surface area contributed by atoms with Gasteiger partial charge in [-0.1, -0.05) is 26.7 Å². The lowest BCUT2D eigenvalue weighted by molar-refractivity contribution is 0.0546. The van der Waals surface area contributed by atoms with Gasteiger partial charge in [0.05, 0.1) is 0 Å². The van der Waals surface area contributed by atoms with Crippen LogP contribution in [0.5, 0.6) is 0 Å². The van der Waals surface area contributed by atoms with E-state index in [1.807, 2.05) is 0 Å². The summed E-state index contributed by atoms with van der Waals surface area (Å²) in [6.07, 6.45) is 9.74. The van der Waals surface area contributed by atoms with Crippen molar-refractivity contribution < 1.29 is 0 Å². The van der Waals surface area contributed by atoms with Crippen LogP contribution in [0.25, 0.3) is 0 Å². The summed E-state index contributed by atoms with van der Waals surface area (Å²) in [5.74, 6) is 0.974. The fraction of sp³-hybridized carbons (Fsp3) is 1.00. The standard InChI is InChI=1S/C18H37N3/c1-5-7-15-8-9-17(19-6-2)18(14-15)21-12-10-16(11-13-21)20(3)4/h15-19H,5-14H2,1-4H3. The van der Waals surface area contributed by atoms with Crippen molar-refractivity contribution in [2.75, 3.05) is 33.7 Å². The van der Waals surface area contributed by atoms with Gasteiger partial charge in [0.15, 0.2) is 0 Å². The molecule has 0 aromatic carbocycles. The lowest BCUT2D eigenvalue weighted by atomic mass is 9.79. The first-order chi connectivity index (χ1) is 10.2. The second-order valence-corrected chi connectivity index (χ2v) is 7.43. The fourth-order valence-electron chi connectivity index (χ4n) is 4.54. The van der Waals surface area contributed by atoms with Gasteiger partial charge < -0.3 is 10.2 Å². The highest BCUT2D eigenvalue weighted by atomic mass is 15.2. The van der Waals surface area contributed by atoms with Gasteiger partial charge in [-0.25, -0.2) is 0 Å². The molecule has 2 fully saturated rings. The number of nitrogens with one attached hydrogen (secondary N) is 1. The van der Waals surface area contributed by atoms with Crippen LogP contribution in [0.4, 0.5) is 0 Å². The van der Waals surface area contributed by atoms with Crippen LogP contribution in [-0.2, 0) is 0 Å². The van der Waals surface area contributed by atoms with E-state index in [-0.39, 0.29) is 0 Å². The summed E-state index contributed by atoms with van der Waals surface area (Å²) < 4.78 is 0. The van der Waals surface area contributed by atoms with E-state index in [0.717, 1.165) is 30.6 Å². The quantitative estimate of drug-likeness (QED) is 0.813. The molecule has 21 heavy (non-hydrogen) atoms. The number of likely N-dealkylation sites (tertiary alicyclic amines) is 1. The van der Waals surface area contributed by atoms with Crippen LogP contribution < -0.4 is 5.32 Å². The van der Waals surface area contributed by atoms with E-state index in [1.165, 1.54) is 58.0 Å². The van der Waals surface area contributed by atoms with Crippen molar-refractivity contribution in [2.45, 2.75) is 76.9 Å². The number of nitrogens with zero attached hydrogens (tertiary/aromatic N) is 2. The monoisotopic (exact) mass is 295 g/mol. The van der Waals surface area contributed by atoms with Crippen LogP contribution in [0.15, 0.2) is 0 Å². The summed E-state index contributed by atoms with van der Waals surface area (Å²) >= 11 is 0. The molecule has 0 spiro atoms. The highest BCUT2D eigenvalue weighted by molar-refractivity contribution is 4.93. The number of hydrogen-bond donors (Lipinski definition) is 1. The maximum absolute atomic E-state index is 3.78. The zero-order valence-electron chi connectivity index (χ0n) is 14.8. The summed E-state index contributed by atoms with van der Waals surface area (Å²) in [6.45, 7) is 8.32. The van der Waals surface area contributed by atoms with Gasteiger partial charge in [0, 0.05) is 18.1 Å². The fourth-order valence-corrected chi connectivity index (χ4v) is 4.54. The number of likely N-dealkylation sites (N-methyl/N-ethyl adjacent to an activating group) is 1. The molecule has 3 unspecified atom stereocenters. The number of hydrogen-bond acceptors (Lipinski definition) is 3. The van der Waals surface area contributed by atoms with E-state index in [2.05, 4.69) is 43.1 Å². The number of rotatable bonds is 6. The normalized spacial score (nSPS) is 32.7. The molecule has 1 saturated carbocycles. The van der Waals surface area contributed by atoms with Crippen molar-refractivity contribution in [3.05, 3.63) is 0 Å². The van der Waals surface area contributed by atoms with Crippen LogP contribution in [0.2, 0.25) is 0 Å². The molecule has 3 heteroatoms. The average Bonchev–Trinajstić information content (AvgIpc) is 2.49. The number of piperidine rings is 1. The first-order valence-corrected chi connectivity index (χ1v) is 9.29. The van der Waals surface area contributed by atoms with Crippen LogP contribution in [-0.4, -0.2) is 61.7 Å². The molecule has 124 valence electrons. The molecule has 1 aliphatic carbocycles. The van der Waals surface area contributed by atoms with Crippen molar-refractivity contribution >= 4 is 0 Å². The first kappa shape index (κ1) is 17.2. The van der Waals surface area contributed by atoms with Gasteiger partial charge in [0.25, 0.3) is 0 Å². The lowest BCUT2D eigenvalue weighted by Gasteiger charge is -2.46. The summed E-state index contributed by atoms with van der Waals surface area (Å²) in [4.78, 5) is 5.23. The van der Waals surface area contributed by atoms with E-state index in [9.17, 15) is 0 Å². The summed E-state index contributed by atoms with van der Waals surface area (Å²) in [7, 11) is 4.47. The minimum absolute atomic E-state index is 0.735. The second kappa shape index (κ2) is 8.50. The summed E-state index contributed by atoms with van der Waals surface area (Å²) in [5.41, 5.74) is 0. The van der Waals surface area contributed by atoms with Gasteiger partial charge in [-0.2, -0.15) is 0 Å². The van der Waals surface area contributed by atoms with E-state index >= 15 is 0 Å². The minimum atomic E-state index is 0.735. The third-order valence-electron chi connectivity index (χ3n) is 5.79. The van der Waals surface area contributed by atoms with Crippen molar-refractivity contribution in [2.24, 2.45) is 5.92 Å². The third kappa shape index (κ3) is 4.67. The Morgan fingerprint density at radius 2 is 1.76 bits per heavy atom. The van der Waals surface area contributed by atoms with E-state index in [0.29, 0.717) is 0 Å². The Bertz CT molecular complexity index is 284. The Morgan fingerprint density at radius 3 is 2.33 bits per heavy atom. The Labute approximate surface area is 132 Å².